The molecule has 0 amide bonds. The van der Waals surface area contributed by atoms with Gasteiger partial charge in [-0.1, -0.05) is 30.3 Å². The van der Waals surface area contributed by atoms with Gasteiger partial charge in [0, 0.05) is 17.7 Å². The average Bonchev–Trinajstić information content (AvgIpc) is 2.58. The van der Waals surface area contributed by atoms with Crippen LogP contribution >= 0.6 is 0 Å². The Morgan fingerprint density at radius 3 is 2.57 bits per heavy atom. The van der Waals surface area contributed by atoms with E-state index in [1.54, 1.807) is 12.1 Å². The molecule has 0 aliphatic rings. The Morgan fingerprint density at radius 2 is 1.87 bits per heavy atom. The second kappa shape index (κ2) is 6.44. The van der Waals surface area contributed by atoms with E-state index in [4.69, 9.17) is 4.74 Å². The molecule has 0 N–H and O–H groups in total. The molecule has 0 spiro atoms. The zero-order chi connectivity index (χ0) is 16.2. The van der Waals surface area contributed by atoms with Crippen LogP contribution in [-0.4, -0.2) is 16.9 Å². The largest absolute Gasteiger partial charge is 0.497 e. The number of hydrogen-bond donors (Lipinski definition) is 0. The quantitative estimate of drug-likeness (QED) is 0.744. The predicted octanol–water partition coefficient (Wildman–Crippen LogP) is 3.11. The molecule has 3 rings (SSSR count). The lowest BCUT2D eigenvalue weighted by Gasteiger charge is -2.09. The smallest absolute Gasteiger partial charge is 0.267 e. The topological polar surface area (TPSA) is 44.1 Å². The highest BCUT2D eigenvalue weighted by Gasteiger charge is 2.10. The third-order valence-corrected chi connectivity index (χ3v) is 3.49. The summed E-state index contributed by atoms with van der Waals surface area (Å²) in [5.74, 6) is -0.00869. The van der Waals surface area contributed by atoms with E-state index in [-0.39, 0.29) is 5.56 Å². The third-order valence-electron chi connectivity index (χ3n) is 3.49. The SMILES string of the molecule is COc1ccc(-c2ccc(=O)n(Cc3ccccc3)n2)c(F)c1. The van der Waals surface area contributed by atoms with Gasteiger partial charge in [-0.15, -0.1) is 0 Å². The second-order valence-electron chi connectivity index (χ2n) is 5.05. The number of methoxy groups -OCH3 is 1. The average molecular weight is 310 g/mol. The summed E-state index contributed by atoms with van der Waals surface area (Å²) in [6, 6.07) is 17.0. The van der Waals surface area contributed by atoms with Gasteiger partial charge in [-0.3, -0.25) is 4.79 Å². The lowest BCUT2D eigenvalue weighted by molar-refractivity contribution is 0.411. The zero-order valence-corrected chi connectivity index (χ0v) is 12.6. The van der Waals surface area contributed by atoms with Crippen molar-refractivity contribution < 1.29 is 9.13 Å². The maximum Gasteiger partial charge on any atom is 0.267 e. The first-order valence-corrected chi connectivity index (χ1v) is 7.13. The van der Waals surface area contributed by atoms with Gasteiger partial charge < -0.3 is 4.74 Å². The minimum Gasteiger partial charge on any atom is -0.497 e. The molecule has 0 atom stereocenters. The Bertz CT molecular complexity index is 876. The standard InChI is InChI=1S/C18H15FN2O2/c1-23-14-7-8-15(16(19)11-14)17-9-10-18(22)21(20-17)12-13-5-3-2-4-6-13/h2-11H,12H2,1H3. The lowest BCUT2D eigenvalue weighted by atomic mass is 10.1. The molecule has 4 nitrogen and oxygen atoms in total. The molecule has 0 bridgehead atoms. The van der Waals surface area contributed by atoms with E-state index in [1.807, 2.05) is 30.3 Å². The highest BCUT2D eigenvalue weighted by atomic mass is 19.1. The summed E-state index contributed by atoms with van der Waals surface area (Å²) < 4.78 is 20.5. The molecule has 0 aliphatic heterocycles. The maximum atomic E-state index is 14.2. The number of aromatic nitrogens is 2. The second-order valence-corrected chi connectivity index (χ2v) is 5.05. The molecule has 0 radical (unpaired) electrons. The highest BCUT2D eigenvalue weighted by molar-refractivity contribution is 5.60. The van der Waals surface area contributed by atoms with Gasteiger partial charge in [0.05, 0.1) is 19.3 Å². The summed E-state index contributed by atoms with van der Waals surface area (Å²) in [6.07, 6.45) is 0. The number of benzene rings is 2. The normalized spacial score (nSPS) is 10.5. The van der Waals surface area contributed by atoms with Gasteiger partial charge in [-0.05, 0) is 23.8 Å². The Balaban J connectivity index is 1.99. The lowest BCUT2D eigenvalue weighted by Crippen LogP contribution is -2.22. The van der Waals surface area contributed by atoms with Gasteiger partial charge in [0.15, 0.2) is 0 Å². The van der Waals surface area contributed by atoms with Crippen LogP contribution < -0.4 is 10.3 Å². The monoisotopic (exact) mass is 310 g/mol. The van der Waals surface area contributed by atoms with E-state index in [1.165, 1.54) is 30.0 Å². The number of rotatable bonds is 4. The maximum absolute atomic E-state index is 14.2. The van der Waals surface area contributed by atoms with E-state index in [9.17, 15) is 9.18 Å². The number of nitrogens with zero attached hydrogens (tertiary/aromatic N) is 2. The van der Waals surface area contributed by atoms with Crippen LogP contribution in [0.4, 0.5) is 4.39 Å². The van der Waals surface area contributed by atoms with Crippen LogP contribution in [0.15, 0.2) is 65.5 Å². The van der Waals surface area contributed by atoms with Crippen LogP contribution in [0.1, 0.15) is 5.56 Å². The Hall–Kier alpha value is -2.95. The molecule has 0 fully saturated rings. The van der Waals surface area contributed by atoms with Crippen molar-refractivity contribution in [2.45, 2.75) is 6.54 Å². The van der Waals surface area contributed by atoms with Crippen molar-refractivity contribution in [3.05, 3.63) is 82.4 Å². The molecule has 0 unspecified atom stereocenters. The summed E-state index contributed by atoms with van der Waals surface area (Å²) in [5.41, 5.74) is 1.45. The van der Waals surface area contributed by atoms with Crippen LogP contribution in [-0.2, 0) is 6.54 Å². The van der Waals surface area contributed by atoms with Crippen LogP contribution in [0.5, 0.6) is 5.75 Å². The molecule has 0 saturated carbocycles. The Kier molecular flexibility index (Phi) is 4.19. The fourth-order valence-electron chi connectivity index (χ4n) is 2.29. The van der Waals surface area contributed by atoms with Crippen molar-refractivity contribution in [2.75, 3.05) is 7.11 Å². The fraction of sp³-hybridized carbons (Fsp3) is 0.111. The van der Waals surface area contributed by atoms with Gasteiger partial charge >= 0.3 is 0 Å². The Morgan fingerprint density at radius 1 is 1.09 bits per heavy atom. The summed E-state index contributed by atoms with van der Waals surface area (Å²) >= 11 is 0. The number of hydrogen-bond acceptors (Lipinski definition) is 3. The molecular weight excluding hydrogens is 295 g/mol. The first-order chi connectivity index (χ1) is 11.2. The van der Waals surface area contributed by atoms with Crippen molar-refractivity contribution in [1.29, 1.82) is 0 Å². The van der Waals surface area contributed by atoms with Gasteiger partial charge in [0.1, 0.15) is 11.6 Å². The molecule has 2 aromatic carbocycles. The molecule has 116 valence electrons. The third kappa shape index (κ3) is 3.29. The minimum absolute atomic E-state index is 0.230. The molecule has 1 heterocycles. The Labute approximate surface area is 132 Å². The van der Waals surface area contributed by atoms with Crippen molar-refractivity contribution >= 4 is 0 Å². The first kappa shape index (κ1) is 15.0. The fourth-order valence-corrected chi connectivity index (χ4v) is 2.29. The van der Waals surface area contributed by atoms with Crippen molar-refractivity contribution in [3.8, 4) is 17.0 Å². The van der Waals surface area contributed by atoms with E-state index in [0.29, 0.717) is 23.6 Å². The van der Waals surface area contributed by atoms with Gasteiger partial charge in [-0.25, -0.2) is 9.07 Å². The summed E-state index contributed by atoms with van der Waals surface area (Å²) in [7, 11) is 1.48. The van der Waals surface area contributed by atoms with Crippen LogP contribution in [0.3, 0.4) is 0 Å². The molecule has 1 aromatic heterocycles. The predicted molar refractivity (Wildman–Crippen MR) is 86.0 cm³/mol. The van der Waals surface area contributed by atoms with Gasteiger partial charge in [0.2, 0.25) is 0 Å². The van der Waals surface area contributed by atoms with Crippen molar-refractivity contribution in [1.82, 2.24) is 9.78 Å². The van der Waals surface area contributed by atoms with E-state index in [0.717, 1.165) is 5.56 Å². The number of halogens is 1. The van der Waals surface area contributed by atoms with Gasteiger partial charge in [-0.2, -0.15) is 5.10 Å². The first-order valence-electron chi connectivity index (χ1n) is 7.13. The molecule has 3 aromatic rings. The van der Waals surface area contributed by atoms with Crippen LogP contribution in [0.25, 0.3) is 11.3 Å². The van der Waals surface area contributed by atoms with E-state index >= 15 is 0 Å². The highest BCUT2D eigenvalue weighted by Crippen LogP contribution is 2.24. The van der Waals surface area contributed by atoms with Gasteiger partial charge in [0.25, 0.3) is 5.56 Å². The van der Waals surface area contributed by atoms with E-state index in [2.05, 4.69) is 5.10 Å². The molecule has 23 heavy (non-hydrogen) atoms. The number of ether oxygens (including phenoxy) is 1. The van der Waals surface area contributed by atoms with E-state index < -0.39 is 5.82 Å². The minimum atomic E-state index is -0.443. The molecule has 0 aliphatic carbocycles. The van der Waals surface area contributed by atoms with Crippen molar-refractivity contribution in [2.24, 2.45) is 0 Å². The summed E-state index contributed by atoms with van der Waals surface area (Å²) in [4.78, 5) is 12.0. The van der Waals surface area contributed by atoms with Crippen molar-refractivity contribution in [3.63, 3.8) is 0 Å². The summed E-state index contributed by atoms with van der Waals surface area (Å²) in [6.45, 7) is 0.339. The van der Waals surface area contributed by atoms with Crippen LogP contribution in [0.2, 0.25) is 0 Å². The molecule has 0 saturated heterocycles. The zero-order valence-electron chi connectivity index (χ0n) is 12.6. The molecular formula is C18H15FN2O2. The summed E-state index contributed by atoms with van der Waals surface area (Å²) in [5, 5.41) is 4.28. The molecule has 5 heteroatoms. The van der Waals surface area contributed by atoms with Crippen LogP contribution in [0, 0.1) is 5.82 Å².